The number of hydrogen-bond donors (Lipinski definition) is 3. The number of benzene rings is 3. The van der Waals surface area contributed by atoms with Gasteiger partial charge >= 0.3 is 11.7 Å². The van der Waals surface area contributed by atoms with Crippen LogP contribution in [-0.2, 0) is 19.6 Å². The van der Waals surface area contributed by atoms with Crippen LogP contribution in [0.4, 0.5) is 5.69 Å². The number of amides is 1. The largest absolute Gasteiger partial charge is 0.444 e. The number of carbonyl (C=O) groups excluding carboxylic acids is 2. The van der Waals surface area contributed by atoms with Crippen molar-refractivity contribution in [2.45, 2.75) is 11.0 Å². The van der Waals surface area contributed by atoms with Gasteiger partial charge in [-0.2, -0.15) is 0 Å². The van der Waals surface area contributed by atoms with E-state index in [9.17, 15) is 22.8 Å². The van der Waals surface area contributed by atoms with Gasteiger partial charge in [-0.05, 0) is 30.3 Å². The molecule has 0 saturated carbocycles. The Morgan fingerprint density at radius 1 is 0.914 bits per heavy atom. The molecule has 35 heavy (non-hydrogen) atoms. The Kier molecular flexibility index (Phi) is 6.43. The van der Waals surface area contributed by atoms with E-state index in [0.717, 1.165) is 0 Å². The molecule has 11 heteroatoms. The Hall–Kier alpha value is -4.38. The number of fused-ring (bicyclic) bond motifs is 1. The zero-order chi connectivity index (χ0) is 25.2. The molecule has 0 radical (unpaired) electrons. The third-order valence-electron chi connectivity index (χ3n) is 5.18. The number of aromatic nitrogens is 2. The van der Waals surface area contributed by atoms with Crippen molar-refractivity contribution in [3.63, 3.8) is 0 Å². The highest BCUT2D eigenvalue weighted by Gasteiger charge is 2.28. The van der Waals surface area contributed by atoms with Gasteiger partial charge in [0.05, 0.1) is 27.2 Å². The van der Waals surface area contributed by atoms with E-state index in [1.807, 2.05) is 0 Å². The van der Waals surface area contributed by atoms with Crippen LogP contribution in [0.25, 0.3) is 11.0 Å². The topological polar surface area (TPSA) is 141 Å². The SMILES string of the molecule is CN(C)C(=O)[C@@H](OC(=O)c1ccccc1NS(=O)(=O)c1ccc2[nH]c(=O)[nH]c2c1)c1ccccc1. The van der Waals surface area contributed by atoms with Gasteiger partial charge in [0.2, 0.25) is 6.10 Å². The number of ether oxygens (including phenoxy) is 1. The van der Waals surface area contributed by atoms with Crippen LogP contribution in [0, 0.1) is 0 Å². The highest BCUT2D eigenvalue weighted by molar-refractivity contribution is 7.92. The molecule has 4 rings (SSSR count). The summed E-state index contributed by atoms with van der Waals surface area (Å²) in [6.07, 6.45) is -1.21. The lowest BCUT2D eigenvalue weighted by atomic mass is 10.1. The van der Waals surface area contributed by atoms with Crippen LogP contribution in [0.1, 0.15) is 22.0 Å². The summed E-state index contributed by atoms with van der Waals surface area (Å²) in [5, 5.41) is 0. The van der Waals surface area contributed by atoms with Crippen LogP contribution in [-0.4, -0.2) is 49.3 Å². The molecule has 1 atom stereocenters. The van der Waals surface area contributed by atoms with Crippen LogP contribution in [0.5, 0.6) is 0 Å². The fourth-order valence-electron chi connectivity index (χ4n) is 3.43. The predicted octanol–water partition coefficient (Wildman–Crippen LogP) is 2.64. The fraction of sp³-hybridized carbons (Fsp3) is 0.125. The van der Waals surface area contributed by atoms with E-state index in [1.165, 1.54) is 35.2 Å². The number of rotatable bonds is 7. The molecule has 0 unspecified atom stereocenters. The summed E-state index contributed by atoms with van der Waals surface area (Å²) in [5.41, 5.74) is 0.695. The van der Waals surface area contributed by atoms with Crippen molar-refractivity contribution in [3.8, 4) is 0 Å². The monoisotopic (exact) mass is 494 g/mol. The minimum Gasteiger partial charge on any atom is -0.444 e. The maximum Gasteiger partial charge on any atom is 0.341 e. The Labute approximate surface area is 200 Å². The lowest BCUT2D eigenvalue weighted by molar-refractivity contribution is -0.138. The number of anilines is 1. The Morgan fingerprint density at radius 2 is 1.57 bits per heavy atom. The number of carbonyl (C=O) groups is 2. The normalized spacial score (nSPS) is 12.2. The van der Waals surface area contributed by atoms with Crippen LogP contribution in [0.3, 0.4) is 0 Å². The standard InChI is InChI=1S/C24H22N4O6S/c1-28(2)22(29)21(15-8-4-3-5-9-15)34-23(30)17-10-6-7-11-18(17)27-35(32,33)16-12-13-19-20(14-16)26-24(31)25-19/h3-14,21,27H,1-2H3,(H2,25,26,31)/t21-/m0/s1. The van der Waals surface area contributed by atoms with Gasteiger partial charge in [0.1, 0.15) is 0 Å². The molecule has 1 aromatic heterocycles. The molecule has 0 fully saturated rings. The van der Waals surface area contributed by atoms with Crippen LogP contribution < -0.4 is 10.4 Å². The van der Waals surface area contributed by atoms with Crippen molar-refractivity contribution in [2.24, 2.45) is 0 Å². The average molecular weight is 495 g/mol. The first-order valence-electron chi connectivity index (χ1n) is 10.5. The minimum absolute atomic E-state index is 0.0238. The van der Waals surface area contributed by atoms with Crippen LogP contribution in [0.2, 0.25) is 0 Å². The third kappa shape index (κ3) is 5.09. The maximum absolute atomic E-state index is 13.1. The summed E-state index contributed by atoms with van der Waals surface area (Å²) in [5.74, 6) is -1.32. The molecule has 0 saturated heterocycles. The predicted molar refractivity (Wildman–Crippen MR) is 129 cm³/mol. The lowest BCUT2D eigenvalue weighted by Gasteiger charge is -2.22. The summed E-state index contributed by atoms with van der Waals surface area (Å²) < 4.78 is 34.0. The van der Waals surface area contributed by atoms with Crippen molar-refractivity contribution in [2.75, 3.05) is 18.8 Å². The second-order valence-corrected chi connectivity index (χ2v) is 9.55. The smallest absolute Gasteiger partial charge is 0.341 e. The lowest BCUT2D eigenvalue weighted by Crippen LogP contribution is -2.31. The van der Waals surface area contributed by atoms with Gasteiger partial charge in [-0.3, -0.25) is 9.52 Å². The molecule has 10 nitrogen and oxygen atoms in total. The summed E-state index contributed by atoms with van der Waals surface area (Å²) in [7, 11) is -1.04. The molecule has 3 aromatic carbocycles. The Bertz CT molecular complexity index is 1560. The number of hydrogen-bond acceptors (Lipinski definition) is 6. The molecule has 1 amide bonds. The van der Waals surface area contributed by atoms with E-state index in [-0.39, 0.29) is 16.1 Å². The van der Waals surface area contributed by atoms with Gasteiger partial charge in [-0.1, -0.05) is 42.5 Å². The maximum atomic E-state index is 13.1. The first kappa shape index (κ1) is 23.8. The summed E-state index contributed by atoms with van der Waals surface area (Å²) >= 11 is 0. The van der Waals surface area contributed by atoms with E-state index in [4.69, 9.17) is 4.74 Å². The number of esters is 1. The number of H-pyrrole nitrogens is 2. The molecule has 3 N–H and O–H groups in total. The number of nitrogens with one attached hydrogen (secondary N) is 3. The third-order valence-corrected chi connectivity index (χ3v) is 6.54. The summed E-state index contributed by atoms with van der Waals surface area (Å²) in [4.78, 5) is 43.6. The van der Waals surface area contributed by atoms with E-state index in [1.54, 1.807) is 56.6 Å². The van der Waals surface area contributed by atoms with Crippen molar-refractivity contribution in [1.82, 2.24) is 14.9 Å². The highest BCUT2D eigenvalue weighted by atomic mass is 32.2. The van der Waals surface area contributed by atoms with Crippen molar-refractivity contribution >= 4 is 38.6 Å². The number of sulfonamides is 1. The molecule has 0 aliphatic rings. The van der Waals surface area contributed by atoms with Gasteiger partial charge in [-0.15, -0.1) is 0 Å². The Balaban J connectivity index is 1.64. The minimum atomic E-state index is -4.13. The second kappa shape index (κ2) is 9.47. The molecule has 0 aliphatic heterocycles. The highest BCUT2D eigenvalue weighted by Crippen LogP contribution is 2.26. The van der Waals surface area contributed by atoms with Crippen molar-refractivity contribution < 1.29 is 22.7 Å². The zero-order valence-electron chi connectivity index (χ0n) is 18.8. The quantitative estimate of drug-likeness (QED) is 0.337. The van der Waals surface area contributed by atoms with Crippen LogP contribution >= 0.6 is 0 Å². The fourth-order valence-corrected chi connectivity index (χ4v) is 4.53. The number of nitrogens with zero attached hydrogens (tertiary/aromatic N) is 1. The summed E-state index contributed by atoms with van der Waals surface area (Å²) in [6.45, 7) is 0. The number of para-hydroxylation sites is 1. The Morgan fingerprint density at radius 3 is 2.29 bits per heavy atom. The molecule has 0 aliphatic carbocycles. The first-order chi connectivity index (χ1) is 16.7. The van der Waals surface area contributed by atoms with Gasteiger partial charge in [0, 0.05) is 19.7 Å². The van der Waals surface area contributed by atoms with Crippen LogP contribution in [0.15, 0.2) is 82.5 Å². The van der Waals surface area contributed by atoms with Gasteiger partial charge in [-0.25, -0.2) is 18.0 Å². The molecule has 0 bridgehead atoms. The van der Waals surface area contributed by atoms with E-state index in [2.05, 4.69) is 14.7 Å². The number of likely N-dealkylation sites (N-methyl/N-ethyl adjacent to an activating group) is 1. The average Bonchev–Trinajstić information content (AvgIpc) is 3.22. The molecule has 1 heterocycles. The van der Waals surface area contributed by atoms with E-state index < -0.39 is 33.7 Å². The second-order valence-electron chi connectivity index (χ2n) is 7.87. The van der Waals surface area contributed by atoms with Gasteiger partial charge in [0.15, 0.2) is 0 Å². The zero-order valence-corrected chi connectivity index (χ0v) is 19.6. The molecule has 4 aromatic rings. The van der Waals surface area contributed by atoms with Crippen molar-refractivity contribution in [3.05, 3.63) is 94.4 Å². The number of imidazole rings is 1. The summed E-state index contributed by atoms with van der Waals surface area (Å²) in [6, 6.07) is 18.5. The van der Waals surface area contributed by atoms with Crippen molar-refractivity contribution in [1.29, 1.82) is 0 Å². The van der Waals surface area contributed by atoms with E-state index >= 15 is 0 Å². The van der Waals surface area contributed by atoms with Gasteiger partial charge in [0.25, 0.3) is 15.9 Å². The molecule has 180 valence electrons. The number of aromatic amines is 2. The first-order valence-corrected chi connectivity index (χ1v) is 11.9. The van der Waals surface area contributed by atoms with Gasteiger partial charge < -0.3 is 19.6 Å². The van der Waals surface area contributed by atoms with E-state index in [0.29, 0.717) is 16.6 Å². The molecular formula is C24H22N4O6S. The molecular weight excluding hydrogens is 472 g/mol. The molecule has 0 spiro atoms.